The number of aromatic nitrogens is 1. The van der Waals surface area contributed by atoms with Gasteiger partial charge in [-0.2, -0.15) is 0 Å². The number of aliphatic hydroxyl groups is 1. The van der Waals surface area contributed by atoms with Crippen molar-refractivity contribution in [1.29, 1.82) is 0 Å². The standard InChI is InChI=1S/C14H20N2O2/c1-2-11(9-17)8-15-6-5-12-3-4-13-14(7-12)18-10-16-13/h3-4,7,10-11,15,17H,2,5-6,8-9H2,1H3. The van der Waals surface area contributed by atoms with Crippen LogP contribution in [-0.2, 0) is 6.42 Å². The molecule has 18 heavy (non-hydrogen) atoms. The van der Waals surface area contributed by atoms with Gasteiger partial charge in [-0.05, 0) is 43.0 Å². The summed E-state index contributed by atoms with van der Waals surface area (Å²) in [6, 6.07) is 6.10. The Morgan fingerprint density at radius 1 is 1.44 bits per heavy atom. The van der Waals surface area contributed by atoms with Crippen molar-refractivity contribution in [2.45, 2.75) is 19.8 Å². The average Bonchev–Trinajstić information content (AvgIpc) is 2.86. The van der Waals surface area contributed by atoms with E-state index in [0.717, 1.165) is 37.0 Å². The second kappa shape index (κ2) is 6.52. The van der Waals surface area contributed by atoms with Crippen molar-refractivity contribution in [2.24, 2.45) is 5.92 Å². The topological polar surface area (TPSA) is 58.3 Å². The maximum absolute atomic E-state index is 9.08. The van der Waals surface area contributed by atoms with Gasteiger partial charge in [-0.1, -0.05) is 13.0 Å². The molecular formula is C14H20N2O2. The molecule has 0 radical (unpaired) electrons. The zero-order valence-corrected chi connectivity index (χ0v) is 10.7. The summed E-state index contributed by atoms with van der Waals surface area (Å²) in [6.45, 7) is 4.14. The van der Waals surface area contributed by atoms with E-state index in [4.69, 9.17) is 9.52 Å². The van der Waals surface area contributed by atoms with Crippen molar-refractivity contribution < 1.29 is 9.52 Å². The van der Waals surface area contributed by atoms with E-state index in [1.807, 2.05) is 12.1 Å². The van der Waals surface area contributed by atoms with E-state index in [-0.39, 0.29) is 6.61 Å². The fraction of sp³-hybridized carbons (Fsp3) is 0.500. The van der Waals surface area contributed by atoms with Crippen LogP contribution in [0, 0.1) is 5.92 Å². The lowest BCUT2D eigenvalue weighted by Gasteiger charge is -2.12. The maximum Gasteiger partial charge on any atom is 0.181 e. The van der Waals surface area contributed by atoms with Gasteiger partial charge in [0.25, 0.3) is 0 Å². The first-order valence-corrected chi connectivity index (χ1v) is 6.47. The molecular weight excluding hydrogens is 228 g/mol. The van der Waals surface area contributed by atoms with E-state index in [0.29, 0.717) is 5.92 Å². The third-order valence-corrected chi connectivity index (χ3v) is 3.25. The number of hydrogen-bond donors (Lipinski definition) is 2. The first-order valence-electron chi connectivity index (χ1n) is 6.47. The zero-order chi connectivity index (χ0) is 12.8. The Morgan fingerprint density at radius 3 is 3.11 bits per heavy atom. The molecule has 4 heteroatoms. The van der Waals surface area contributed by atoms with E-state index in [9.17, 15) is 0 Å². The van der Waals surface area contributed by atoms with Gasteiger partial charge in [-0.3, -0.25) is 0 Å². The maximum atomic E-state index is 9.08. The molecule has 1 aromatic carbocycles. The number of oxazole rings is 1. The highest BCUT2D eigenvalue weighted by atomic mass is 16.3. The molecule has 2 aromatic rings. The molecule has 0 saturated carbocycles. The Morgan fingerprint density at radius 2 is 2.33 bits per heavy atom. The molecule has 2 N–H and O–H groups in total. The zero-order valence-electron chi connectivity index (χ0n) is 10.7. The van der Waals surface area contributed by atoms with E-state index in [1.165, 1.54) is 12.0 Å². The molecule has 1 unspecified atom stereocenters. The van der Waals surface area contributed by atoms with Gasteiger partial charge in [-0.15, -0.1) is 0 Å². The summed E-state index contributed by atoms with van der Waals surface area (Å²) in [5.74, 6) is 0.363. The molecule has 4 nitrogen and oxygen atoms in total. The van der Waals surface area contributed by atoms with Gasteiger partial charge >= 0.3 is 0 Å². The predicted octanol–water partition coefficient (Wildman–Crippen LogP) is 1.98. The molecule has 2 rings (SSSR count). The third-order valence-electron chi connectivity index (χ3n) is 3.25. The molecule has 98 valence electrons. The Kier molecular flexibility index (Phi) is 4.73. The van der Waals surface area contributed by atoms with Gasteiger partial charge in [0.15, 0.2) is 12.0 Å². The quantitative estimate of drug-likeness (QED) is 0.736. The highest BCUT2D eigenvalue weighted by molar-refractivity contribution is 5.72. The third kappa shape index (κ3) is 3.31. The Bertz CT molecular complexity index is 477. The van der Waals surface area contributed by atoms with E-state index < -0.39 is 0 Å². The number of aliphatic hydroxyl groups excluding tert-OH is 1. The van der Waals surface area contributed by atoms with Crippen LogP contribution in [-0.4, -0.2) is 29.8 Å². The lowest BCUT2D eigenvalue weighted by Crippen LogP contribution is -2.26. The molecule has 0 amide bonds. The van der Waals surface area contributed by atoms with Crippen LogP contribution < -0.4 is 5.32 Å². The van der Waals surface area contributed by atoms with E-state index >= 15 is 0 Å². The normalized spacial score (nSPS) is 13.0. The summed E-state index contributed by atoms with van der Waals surface area (Å²) in [5.41, 5.74) is 2.98. The van der Waals surface area contributed by atoms with Crippen LogP contribution in [0.15, 0.2) is 29.0 Å². The van der Waals surface area contributed by atoms with Crippen molar-refractivity contribution in [3.63, 3.8) is 0 Å². The van der Waals surface area contributed by atoms with E-state index in [1.54, 1.807) is 0 Å². The SMILES string of the molecule is CCC(CO)CNCCc1ccc2ncoc2c1. The first-order chi connectivity index (χ1) is 8.83. The molecule has 1 heterocycles. The van der Waals surface area contributed by atoms with Crippen LogP contribution in [0.5, 0.6) is 0 Å². The number of nitrogens with zero attached hydrogens (tertiary/aromatic N) is 1. The lowest BCUT2D eigenvalue weighted by atomic mass is 10.1. The molecule has 0 aliphatic heterocycles. The van der Waals surface area contributed by atoms with Crippen LogP contribution in [0.1, 0.15) is 18.9 Å². The largest absolute Gasteiger partial charge is 0.443 e. The summed E-state index contributed by atoms with van der Waals surface area (Å²) in [6.07, 6.45) is 3.44. The second-order valence-corrected chi connectivity index (χ2v) is 4.57. The van der Waals surface area contributed by atoms with Crippen molar-refractivity contribution in [3.05, 3.63) is 30.2 Å². The van der Waals surface area contributed by atoms with Gasteiger partial charge in [0.2, 0.25) is 0 Å². The minimum atomic E-state index is 0.257. The molecule has 1 aromatic heterocycles. The molecule has 0 fully saturated rings. The Hall–Kier alpha value is -1.39. The van der Waals surface area contributed by atoms with Crippen LogP contribution in [0.2, 0.25) is 0 Å². The minimum Gasteiger partial charge on any atom is -0.443 e. The van der Waals surface area contributed by atoms with E-state index in [2.05, 4.69) is 23.3 Å². The molecule has 0 saturated heterocycles. The van der Waals surface area contributed by atoms with Crippen LogP contribution in [0.4, 0.5) is 0 Å². The van der Waals surface area contributed by atoms with Crippen LogP contribution in [0.3, 0.4) is 0 Å². The fourth-order valence-corrected chi connectivity index (χ4v) is 1.93. The summed E-state index contributed by atoms with van der Waals surface area (Å²) < 4.78 is 5.27. The molecule has 0 aliphatic rings. The summed E-state index contributed by atoms with van der Waals surface area (Å²) in [7, 11) is 0. The van der Waals surface area contributed by atoms with Crippen LogP contribution >= 0.6 is 0 Å². The van der Waals surface area contributed by atoms with Crippen LogP contribution in [0.25, 0.3) is 11.1 Å². The van der Waals surface area contributed by atoms with Crippen molar-refractivity contribution in [2.75, 3.05) is 19.7 Å². The molecule has 0 spiro atoms. The highest BCUT2D eigenvalue weighted by Gasteiger charge is 2.04. The highest BCUT2D eigenvalue weighted by Crippen LogP contribution is 2.14. The Balaban J connectivity index is 1.79. The summed E-state index contributed by atoms with van der Waals surface area (Å²) in [4.78, 5) is 4.09. The van der Waals surface area contributed by atoms with Crippen molar-refractivity contribution >= 4 is 11.1 Å². The van der Waals surface area contributed by atoms with Gasteiger partial charge in [0.1, 0.15) is 5.52 Å². The molecule has 0 bridgehead atoms. The smallest absolute Gasteiger partial charge is 0.181 e. The average molecular weight is 248 g/mol. The molecule has 0 aliphatic carbocycles. The van der Waals surface area contributed by atoms with Gasteiger partial charge < -0.3 is 14.8 Å². The van der Waals surface area contributed by atoms with Gasteiger partial charge in [-0.25, -0.2) is 4.98 Å². The molecule has 1 atom stereocenters. The number of fused-ring (bicyclic) bond motifs is 1. The number of benzene rings is 1. The first kappa shape index (κ1) is 13.1. The van der Waals surface area contributed by atoms with Crippen molar-refractivity contribution in [3.8, 4) is 0 Å². The van der Waals surface area contributed by atoms with Gasteiger partial charge in [0.05, 0.1) is 0 Å². The lowest BCUT2D eigenvalue weighted by molar-refractivity contribution is 0.219. The van der Waals surface area contributed by atoms with Gasteiger partial charge in [0, 0.05) is 13.2 Å². The number of nitrogens with one attached hydrogen (secondary N) is 1. The minimum absolute atomic E-state index is 0.257. The van der Waals surface area contributed by atoms with Crippen molar-refractivity contribution in [1.82, 2.24) is 10.3 Å². The summed E-state index contributed by atoms with van der Waals surface area (Å²) >= 11 is 0. The number of hydrogen-bond acceptors (Lipinski definition) is 4. The monoisotopic (exact) mass is 248 g/mol. The number of rotatable bonds is 7. The fourth-order valence-electron chi connectivity index (χ4n) is 1.93. The summed E-state index contributed by atoms with van der Waals surface area (Å²) in [5, 5.41) is 12.4. The Labute approximate surface area is 107 Å². The predicted molar refractivity (Wildman–Crippen MR) is 71.4 cm³/mol. The second-order valence-electron chi connectivity index (χ2n) is 4.57.